The number of nitrogens with zero attached hydrogens (tertiary/aromatic N) is 1. The molecule has 0 saturated carbocycles. The van der Waals surface area contributed by atoms with Gasteiger partial charge in [-0.15, -0.1) is 4.49 Å². The molecule has 2 atom stereocenters. The first kappa shape index (κ1) is 22.9. The summed E-state index contributed by atoms with van der Waals surface area (Å²) in [6.45, 7) is -0.311. The van der Waals surface area contributed by atoms with Gasteiger partial charge in [0.2, 0.25) is 0 Å². The average Bonchev–Trinajstić information content (AvgIpc) is 2.53. The predicted octanol–water partition coefficient (Wildman–Crippen LogP) is 1.67. The molecule has 5 N–H and O–H groups in total. The van der Waals surface area contributed by atoms with E-state index in [4.69, 9.17) is 38.0 Å². The summed E-state index contributed by atoms with van der Waals surface area (Å²) in [7, 11) is -9.33. The lowest BCUT2D eigenvalue weighted by Gasteiger charge is -2.35. The van der Waals surface area contributed by atoms with Crippen molar-refractivity contribution in [3.8, 4) is 0 Å². The van der Waals surface area contributed by atoms with Gasteiger partial charge < -0.3 is 10.1 Å². The topological polar surface area (TPSA) is 168 Å². The molecule has 11 nitrogen and oxygen atoms in total. The third kappa shape index (κ3) is 6.31. The van der Waals surface area contributed by atoms with Gasteiger partial charge in [-0.05, 0) is 25.0 Å². The fourth-order valence-electron chi connectivity index (χ4n) is 2.47. The summed E-state index contributed by atoms with van der Waals surface area (Å²) >= 11 is 11.7. The molecule has 1 aromatic rings. The molecule has 2 rings (SSSR count). The molecule has 15 heteroatoms. The minimum atomic E-state index is -4.91. The van der Waals surface area contributed by atoms with Gasteiger partial charge in [0.1, 0.15) is 12.6 Å². The van der Waals surface area contributed by atoms with Gasteiger partial charge in [0.25, 0.3) is 5.91 Å². The summed E-state index contributed by atoms with van der Waals surface area (Å²) < 4.78 is 49.7. The fraction of sp³-hybridized carbons (Fsp3) is 0.385. The van der Waals surface area contributed by atoms with Crippen molar-refractivity contribution in [1.29, 1.82) is 0 Å². The third-order valence-corrected chi connectivity index (χ3v) is 7.36. The number of ether oxygens (including phenoxy) is 1. The maximum absolute atomic E-state index is 12.4. The van der Waals surface area contributed by atoms with Gasteiger partial charge in [-0.3, -0.25) is 24.1 Å². The Morgan fingerprint density at radius 1 is 1.43 bits per heavy atom. The van der Waals surface area contributed by atoms with Crippen LogP contribution in [-0.2, 0) is 31.0 Å². The predicted molar refractivity (Wildman–Crippen MR) is 101 cm³/mol. The number of hydrogen-bond donors (Lipinski definition) is 4. The van der Waals surface area contributed by atoms with E-state index in [1.165, 1.54) is 10.6 Å². The number of amides is 2. The van der Waals surface area contributed by atoms with Gasteiger partial charge >= 0.3 is 24.0 Å². The van der Waals surface area contributed by atoms with Crippen LogP contribution in [0.2, 0.25) is 10.0 Å². The molecular weight excluding hydrogens is 458 g/mol. The van der Waals surface area contributed by atoms with Crippen LogP contribution in [0.3, 0.4) is 0 Å². The zero-order valence-electron chi connectivity index (χ0n) is 14.2. The van der Waals surface area contributed by atoms with Gasteiger partial charge in [0.15, 0.2) is 0 Å². The highest BCUT2D eigenvalue weighted by Gasteiger charge is 2.40. The minimum Gasteiger partial charge on any atom is -0.445 e. The maximum Gasteiger partial charge on any atom is 0.408 e. The first-order chi connectivity index (χ1) is 12.9. The van der Waals surface area contributed by atoms with Crippen LogP contribution in [-0.4, -0.2) is 42.2 Å². The summed E-state index contributed by atoms with van der Waals surface area (Å²) in [6.07, 6.45) is -0.479. The number of rotatable bonds is 6. The normalized spacial score (nSPS) is 19.8. The van der Waals surface area contributed by atoms with Gasteiger partial charge in [0.05, 0.1) is 0 Å². The molecule has 0 aromatic heterocycles. The van der Waals surface area contributed by atoms with Crippen molar-refractivity contribution < 1.29 is 31.9 Å². The van der Waals surface area contributed by atoms with E-state index in [-0.39, 0.29) is 26.0 Å². The molecule has 1 fully saturated rings. The van der Waals surface area contributed by atoms with E-state index >= 15 is 0 Å². The second-order valence-electron chi connectivity index (χ2n) is 5.80. The number of halogens is 2. The number of nitrogens with two attached hydrogens (primary N) is 1. The van der Waals surface area contributed by atoms with E-state index < -0.39 is 35.9 Å². The largest absolute Gasteiger partial charge is 0.445 e. The molecule has 1 heterocycles. The number of piperidine rings is 1. The Bertz CT molecular complexity index is 929. The number of carbonyl (C=O) groups excluding carboxylic acids is 2. The number of nitrogens with one attached hydrogen (secondary N) is 2. The third-order valence-electron chi connectivity index (χ3n) is 3.69. The number of hydrogen-bond acceptors (Lipinski definition) is 6. The zero-order valence-corrected chi connectivity index (χ0v) is 17.4. The van der Waals surface area contributed by atoms with Crippen LogP contribution < -0.4 is 15.3 Å². The van der Waals surface area contributed by atoms with E-state index in [0.717, 1.165) is 0 Å². The molecule has 1 aliphatic rings. The highest BCUT2D eigenvalue weighted by molar-refractivity contribution is 7.90. The van der Waals surface area contributed by atoms with Crippen molar-refractivity contribution in [1.82, 2.24) is 14.5 Å². The second kappa shape index (κ2) is 8.95. The Hall–Kier alpha value is -1.40. The van der Waals surface area contributed by atoms with Crippen LogP contribution in [0.5, 0.6) is 0 Å². The number of carbonyl (C=O) groups is 2. The van der Waals surface area contributed by atoms with E-state index in [0.29, 0.717) is 20.3 Å². The first-order valence-electron chi connectivity index (χ1n) is 7.73. The summed E-state index contributed by atoms with van der Waals surface area (Å²) in [5, 5.41) is 3.00. The maximum atomic E-state index is 12.4. The Labute approximate surface area is 170 Å². The molecule has 0 radical (unpaired) electrons. The van der Waals surface area contributed by atoms with Crippen molar-refractivity contribution in [2.75, 3.05) is 6.54 Å². The van der Waals surface area contributed by atoms with Crippen molar-refractivity contribution in [3.63, 3.8) is 0 Å². The smallest absolute Gasteiger partial charge is 0.408 e. The van der Waals surface area contributed by atoms with Crippen molar-refractivity contribution in [2.45, 2.75) is 25.5 Å². The monoisotopic (exact) mass is 474 g/mol. The van der Waals surface area contributed by atoms with Crippen LogP contribution in [0.4, 0.5) is 4.79 Å². The second-order valence-corrected chi connectivity index (χ2v) is 10.1. The Kier molecular flexibility index (Phi) is 7.32. The quantitative estimate of drug-likeness (QED) is 0.356. The van der Waals surface area contributed by atoms with Gasteiger partial charge in [-0.1, -0.05) is 29.3 Å². The molecule has 156 valence electrons. The minimum absolute atomic E-state index is 0.122. The number of benzene rings is 1. The summed E-state index contributed by atoms with van der Waals surface area (Å²) in [5.41, 5.74) is 5.85. The lowest BCUT2D eigenvalue weighted by molar-refractivity contribution is -0.130. The molecule has 1 saturated heterocycles. The number of alkyl carbamates (subject to hydrolysis) is 1. The van der Waals surface area contributed by atoms with E-state index in [1.54, 1.807) is 12.1 Å². The van der Waals surface area contributed by atoms with Gasteiger partial charge in [0, 0.05) is 22.2 Å². The molecule has 0 bridgehead atoms. The molecular formula is C13H17Cl2N4O7PS. The average molecular weight is 475 g/mol. The summed E-state index contributed by atoms with van der Waals surface area (Å²) in [4.78, 5) is 24.4. The summed E-state index contributed by atoms with van der Waals surface area (Å²) in [6, 6.07) is 3.47. The van der Waals surface area contributed by atoms with Crippen LogP contribution >= 0.6 is 30.8 Å². The van der Waals surface area contributed by atoms with E-state index in [2.05, 4.69) is 5.32 Å². The standard InChI is InChI=1S/C13H17Cl2N4O7PS/c14-9-4-3-8(10(15)6-9)7-26-13(21)17-11-2-1-5-19(12(11)20)27(16,22)18-28(23,24)25/h3-4,6,11H,1-2,5,7H2,(H,17,21)(H3,16,18,22)(H,23,24,25)/t11-,27?/m0/s1. The highest BCUT2D eigenvalue weighted by Crippen LogP contribution is 2.40. The SMILES string of the molecule is NP(=O)(NS(=O)(=O)O)N1CCC[C@H](NC(=O)OCc2ccc(Cl)cc2Cl)C1=O. The highest BCUT2D eigenvalue weighted by atomic mass is 35.5. The molecule has 0 aliphatic carbocycles. The van der Waals surface area contributed by atoms with Crippen LogP contribution in [0.15, 0.2) is 18.2 Å². The molecule has 28 heavy (non-hydrogen) atoms. The van der Waals surface area contributed by atoms with Gasteiger partial charge in [-0.25, -0.2) is 4.79 Å². The lowest BCUT2D eigenvalue weighted by atomic mass is 10.1. The molecule has 1 aliphatic heterocycles. The van der Waals surface area contributed by atoms with Crippen LogP contribution in [0, 0.1) is 0 Å². The Balaban J connectivity index is 1.98. The zero-order chi connectivity index (χ0) is 21.1. The van der Waals surface area contributed by atoms with Crippen molar-refractivity contribution >= 4 is 53.1 Å². The van der Waals surface area contributed by atoms with Crippen molar-refractivity contribution in [3.05, 3.63) is 33.8 Å². The fourth-order valence-corrected chi connectivity index (χ4v) is 5.52. The Morgan fingerprint density at radius 3 is 2.71 bits per heavy atom. The van der Waals surface area contributed by atoms with Crippen molar-refractivity contribution in [2.24, 2.45) is 5.50 Å². The molecule has 0 spiro atoms. The van der Waals surface area contributed by atoms with Crippen LogP contribution in [0.25, 0.3) is 0 Å². The van der Waals surface area contributed by atoms with E-state index in [1.807, 2.05) is 0 Å². The van der Waals surface area contributed by atoms with Gasteiger partial charge in [-0.2, -0.15) is 8.42 Å². The van der Waals surface area contributed by atoms with Crippen LogP contribution in [0.1, 0.15) is 18.4 Å². The molecule has 1 aromatic carbocycles. The first-order valence-corrected chi connectivity index (χ1v) is 11.7. The van der Waals surface area contributed by atoms with E-state index in [9.17, 15) is 22.6 Å². The molecule has 2 amide bonds. The lowest BCUT2D eigenvalue weighted by Crippen LogP contribution is -2.53. The Morgan fingerprint density at radius 2 is 2.11 bits per heavy atom. The summed E-state index contributed by atoms with van der Waals surface area (Å²) in [5.74, 6) is -0.880. The molecule has 1 unspecified atom stereocenters.